The van der Waals surface area contributed by atoms with Crippen molar-refractivity contribution in [3.05, 3.63) is 29.3 Å². The maximum Gasteiger partial charge on any atom is 0.152 e. The average Bonchev–Trinajstić information content (AvgIpc) is 2.16. The summed E-state index contributed by atoms with van der Waals surface area (Å²) in [6.07, 6.45) is 0. The molecular formula is C10H9ClN2O. The first-order valence-corrected chi connectivity index (χ1v) is 4.44. The van der Waals surface area contributed by atoms with Crippen molar-refractivity contribution in [1.29, 1.82) is 5.26 Å². The summed E-state index contributed by atoms with van der Waals surface area (Å²) in [6, 6.07) is 6.68. The molecule has 1 rings (SSSR count). The molecule has 0 aliphatic carbocycles. The van der Waals surface area contributed by atoms with Gasteiger partial charge in [0.1, 0.15) is 11.4 Å². The molecule has 0 aliphatic rings. The SMILES string of the molecule is CC(=O)C(Cl)c1ccc(C#N)c(N)c1. The Morgan fingerprint density at radius 1 is 1.64 bits per heavy atom. The van der Waals surface area contributed by atoms with E-state index in [2.05, 4.69) is 0 Å². The van der Waals surface area contributed by atoms with Gasteiger partial charge in [0, 0.05) is 5.69 Å². The maximum absolute atomic E-state index is 11.0. The monoisotopic (exact) mass is 208 g/mol. The molecule has 14 heavy (non-hydrogen) atoms. The predicted molar refractivity (Wildman–Crippen MR) is 54.8 cm³/mol. The molecule has 1 atom stereocenters. The molecule has 4 heteroatoms. The molecule has 0 amide bonds. The third-order valence-electron chi connectivity index (χ3n) is 1.85. The highest BCUT2D eigenvalue weighted by molar-refractivity contribution is 6.30. The van der Waals surface area contributed by atoms with E-state index in [4.69, 9.17) is 22.6 Å². The number of halogens is 1. The quantitative estimate of drug-likeness (QED) is 0.597. The molecule has 0 aliphatic heterocycles. The van der Waals surface area contributed by atoms with Crippen LogP contribution in [0.5, 0.6) is 0 Å². The van der Waals surface area contributed by atoms with Gasteiger partial charge in [0.2, 0.25) is 0 Å². The number of nitrogen functional groups attached to an aromatic ring is 1. The molecule has 0 fully saturated rings. The normalized spacial score (nSPS) is 11.8. The fourth-order valence-corrected chi connectivity index (χ4v) is 1.21. The highest BCUT2D eigenvalue weighted by atomic mass is 35.5. The summed E-state index contributed by atoms with van der Waals surface area (Å²) in [7, 11) is 0. The Bertz CT molecular complexity index is 409. The van der Waals surface area contributed by atoms with Crippen LogP contribution in [0, 0.1) is 11.3 Å². The number of ketones is 1. The van der Waals surface area contributed by atoms with E-state index in [0.29, 0.717) is 16.8 Å². The van der Waals surface area contributed by atoms with Gasteiger partial charge in [-0.3, -0.25) is 4.79 Å². The number of nitriles is 1. The lowest BCUT2D eigenvalue weighted by Crippen LogP contribution is -2.02. The first-order chi connectivity index (χ1) is 6.56. The van der Waals surface area contributed by atoms with E-state index in [0.717, 1.165) is 0 Å². The second-order valence-corrected chi connectivity index (χ2v) is 3.37. The molecule has 2 N–H and O–H groups in total. The number of nitrogens with two attached hydrogens (primary N) is 1. The highest BCUT2D eigenvalue weighted by Crippen LogP contribution is 2.24. The van der Waals surface area contributed by atoms with Crippen LogP contribution in [0.3, 0.4) is 0 Å². The van der Waals surface area contributed by atoms with E-state index in [1.165, 1.54) is 6.92 Å². The summed E-state index contributed by atoms with van der Waals surface area (Å²) in [4.78, 5) is 11.0. The molecule has 0 saturated heterocycles. The number of alkyl halides is 1. The first-order valence-electron chi connectivity index (χ1n) is 4.00. The van der Waals surface area contributed by atoms with Crippen molar-refractivity contribution < 1.29 is 4.79 Å². The van der Waals surface area contributed by atoms with Gasteiger partial charge < -0.3 is 5.73 Å². The second-order valence-electron chi connectivity index (χ2n) is 2.93. The standard InChI is InChI=1S/C10H9ClN2O/c1-6(14)10(11)7-2-3-8(5-12)9(13)4-7/h2-4,10H,13H2,1H3. The number of carbonyl (C=O) groups excluding carboxylic acids is 1. The Hall–Kier alpha value is -1.53. The molecule has 72 valence electrons. The van der Waals surface area contributed by atoms with E-state index in [1.807, 2.05) is 6.07 Å². The van der Waals surface area contributed by atoms with Gasteiger partial charge in [-0.15, -0.1) is 11.6 Å². The Kier molecular flexibility index (Phi) is 3.10. The minimum Gasteiger partial charge on any atom is -0.398 e. The molecule has 1 aromatic rings. The van der Waals surface area contributed by atoms with Gasteiger partial charge in [-0.05, 0) is 24.6 Å². The maximum atomic E-state index is 11.0. The van der Waals surface area contributed by atoms with Crippen molar-refractivity contribution in [1.82, 2.24) is 0 Å². The van der Waals surface area contributed by atoms with Gasteiger partial charge >= 0.3 is 0 Å². The van der Waals surface area contributed by atoms with Crippen LogP contribution in [0.2, 0.25) is 0 Å². The summed E-state index contributed by atoms with van der Waals surface area (Å²) in [6.45, 7) is 1.41. The van der Waals surface area contributed by atoms with E-state index in [9.17, 15) is 4.79 Å². The second kappa shape index (κ2) is 4.12. The smallest absolute Gasteiger partial charge is 0.152 e. The predicted octanol–water partition coefficient (Wildman–Crippen LogP) is 2.01. The highest BCUT2D eigenvalue weighted by Gasteiger charge is 2.13. The van der Waals surface area contributed by atoms with Gasteiger partial charge in [-0.25, -0.2) is 0 Å². The molecule has 1 aromatic carbocycles. The Morgan fingerprint density at radius 3 is 2.71 bits per heavy atom. The number of Topliss-reactive ketones (excluding diaryl/α,β-unsaturated/α-hetero) is 1. The van der Waals surface area contributed by atoms with Crippen LogP contribution >= 0.6 is 11.6 Å². The summed E-state index contributed by atoms with van der Waals surface area (Å²) in [5.74, 6) is -0.143. The first kappa shape index (κ1) is 10.6. The number of benzene rings is 1. The van der Waals surface area contributed by atoms with Crippen molar-refractivity contribution in [2.24, 2.45) is 0 Å². The van der Waals surface area contributed by atoms with Crippen LogP contribution in [0.15, 0.2) is 18.2 Å². The summed E-state index contributed by atoms with van der Waals surface area (Å²) < 4.78 is 0. The number of anilines is 1. The lowest BCUT2D eigenvalue weighted by molar-refractivity contribution is -0.116. The molecule has 0 bridgehead atoms. The zero-order chi connectivity index (χ0) is 10.7. The Morgan fingerprint density at radius 2 is 2.29 bits per heavy atom. The molecule has 0 aromatic heterocycles. The zero-order valence-electron chi connectivity index (χ0n) is 7.62. The van der Waals surface area contributed by atoms with Crippen molar-refractivity contribution in [2.75, 3.05) is 5.73 Å². The molecule has 0 saturated carbocycles. The lowest BCUT2D eigenvalue weighted by atomic mass is 10.1. The minimum absolute atomic E-state index is 0.143. The summed E-state index contributed by atoms with van der Waals surface area (Å²) in [5, 5.41) is 7.94. The van der Waals surface area contributed by atoms with E-state index in [1.54, 1.807) is 18.2 Å². The molecular weight excluding hydrogens is 200 g/mol. The van der Waals surface area contributed by atoms with Crippen molar-refractivity contribution in [2.45, 2.75) is 12.3 Å². The molecule has 1 unspecified atom stereocenters. The third-order valence-corrected chi connectivity index (χ3v) is 2.40. The molecule has 3 nitrogen and oxygen atoms in total. The minimum atomic E-state index is -0.690. The van der Waals surface area contributed by atoms with Crippen LogP contribution < -0.4 is 5.73 Å². The van der Waals surface area contributed by atoms with Crippen LogP contribution in [0.1, 0.15) is 23.4 Å². The lowest BCUT2D eigenvalue weighted by Gasteiger charge is -2.07. The summed E-state index contributed by atoms with van der Waals surface area (Å²) >= 11 is 5.82. The zero-order valence-corrected chi connectivity index (χ0v) is 8.38. The fraction of sp³-hybridized carbons (Fsp3) is 0.200. The molecule has 0 spiro atoms. The van der Waals surface area contributed by atoms with E-state index in [-0.39, 0.29) is 5.78 Å². The van der Waals surface area contributed by atoms with E-state index < -0.39 is 5.38 Å². The van der Waals surface area contributed by atoms with Gasteiger partial charge in [0.15, 0.2) is 5.78 Å². The fourth-order valence-electron chi connectivity index (χ4n) is 1.08. The van der Waals surface area contributed by atoms with Crippen molar-refractivity contribution in [3.63, 3.8) is 0 Å². The van der Waals surface area contributed by atoms with Gasteiger partial charge in [0.25, 0.3) is 0 Å². The topological polar surface area (TPSA) is 66.9 Å². The van der Waals surface area contributed by atoms with Crippen molar-refractivity contribution >= 4 is 23.1 Å². The molecule has 0 radical (unpaired) electrons. The number of hydrogen-bond acceptors (Lipinski definition) is 3. The van der Waals surface area contributed by atoms with Crippen LogP contribution in [0.4, 0.5) is 5.69 Å². The van der Waals surface area contributed by atoms with E-state index >= 15 is 0 Å². The molecule has 0 heterocycles. The van der Waals surface area contributed by atoms with Crippen LogP contribution in [-0.4, -0.2) is 5.78 Å². The third kappa shape index (κ3) is 2.04. The number of hydrogen-bond donors (Lipinski definition) is 1. The van der Waals surface area contributed by atoms with Gasteiger partial charge in [-0.1, -0.05) is 6.07 Å². The summed E-state index contributed by atoms with van der Waals surface area (Å²) in [5.41, 5.74) is 6.93. The number of rotatable bonds is 2. The van der Waals surface area contributed by atoms with Gasteiger partial charge in [0.05, 0.1) is 5.56 Å². The van der Waals surface area contributed by atoms with Crippen LogP contribution in [0.25, 0.3) is 0 Å². The average molecular weight is 209 g/mol. The Labute approximate surface area is 87.1 Å². The van der Waals surface area contributed by atoms with Crippen molar-refractivity contribution in [3.8, 4) is 6.07 Å². The number of nitrogens with zero attached hydrogens (tertiary/aromatic N) is 1. The largest absolute Gasteiger partial charge is 0.398 e. The number of carbonyl (C=O) groups is 1. The van der Waals surface area contributed by atoms with Gasteiger partial charge in [-0.2, -0.15) is 5.26 Å². The van der Waals surface area contributed by atoms with Crippen LogP contribution in [-0.2, 0) is 4.79 Å². The Balaban J connectivity index is 3.10.